The van der Waals surface area contributed by atoms with Gasteiger partial charge in [-0.25, -0.2) is 0 Å². The second-order valence-electron chi connectivity index (χ2n) is 4.85. The SMILES string of the molecule is Cc1cccc([N+](=O)[O-])c1NCc1c(C)nn(C)c1C. The lowest BCUT2D eigenvalue weighted by atomic mass is 10.1. The van der Waals surface area contributed by atoms with Crippen molar-refractivity contribution in [2.45, 2.75) is 27.3 Å². The highest BCUT2D eigenvalue weighted by Crippen LogP contribution is 2.28. The topological polar surface area (TPSA) is 73.0 Å². The molecular weight excluding hydrogens is 256 g/mol. The Balaban J connectivity index is 2.30. The van der Waals surface area contributed by atoms with Crippen LogP contribution in [-0.4, -0.2) is 14.7 Å². The summed E-state index contributed by atoms with van der Waals surface area (Å²) in [4.78, 5) is 10.7. The standard InChI is InChI=1S/C14H18N4O2/c1-9-6-5-7-13(18(19)20)14(9)15-8-12-10(2)16-17(4)11(12)3/h5-7,15H,8H2,1-4H3. The predicted molar refractivity (Wildman–Crippen MR) is 77.8 cm³/mol. The number of nitro benzene ring substituents is 1. The number of aryl methyl sites for hydroxylation is 3. The molecule has 0 atom stereocenters. The second-order valence-corrected chi connectivity index (χ2v) is 4.85. The maximum atomic E-state index is 11.1. The van der Waals surface area contributed by atoms with Crippen LogP contribution in [-0.2, 0) is 13.6 Å². The lowest BCUT2D eigenvalue weighted by Crippen LogP contribution is -2.06. The van der Waals surface area contributed by atoms with Crippen LogP contribution in [0.4, 0.5) is 11.4 Å². The Bertz CT molecular complexity index is 661. The summed E-state index contributed by atoms with van der Waals surface area (Å²) < 4.78 is 1.82. The third kappa shape index (κ3) is 2.49. The van der Waals surface area contributed by atoms with Crippen molar-refractivity contribution in [2.75, 3.05) is 5.32 Å². The van der Waals surface area contributed by atoms with Crippen LogP contribution in [0, 0.1) is 30.9 Å². The van der Waals surface area contributed by atoms with Crippen LogP contribution in [0.3, 0.4) is 0 Å². The Morgan fingerprint density at radius 3 is 2.60 bits per heavy atom. The quantitative estimate of drug-likeness (QED) is 0.687. The van der Waals surface area contributed by atoms with Gasteiger partial charge in [0, 0.05) is 30.9 Å². The van der Waals surface area contributed by atoms with Crippen molar-refractivity contribution >= 4 is 11.4 Å². The van der Waals surface area contributed by atoms with Crippen LogP contribution in [0.2, 0.25) is 0 Å². The summed E-state index contributed by atoms with van der Waals surface area (Å²) >= 11 is 0. The van der Waals surface area contributed by atoms with E-state index in [4.69, 9.17) is 0 Å². The van der Waals surface area contributed by atoms with Crippen LogP contribution in [0.15, 0.2) is 18.2 Å². The Labute approximate surface area is 117 Å². The summed E-state index contributed by atoms with van der Waals surface area (Å²) in [6.45, 7) is 6.31. The van der Waals surface area contributed by atoms with E-state index in [1.54, 1.807) is 6.07 Å². The summed E-state index contributed by atoms with van der Waals surface area (Å²) in [5, 5.41) is 18.6. The van der Waals surface area contributed by atoms with Gasteiger partial charge in [-0.05, 0) is 26.3 Å². The number of rotatable bonds is 4. The van der Waals surface area contributed by atoms with E-state index >= 15 is 0 Å². The zero-order chi connectivity index (χ0) is 14.9. The number of hydrogen-bond acceptors (Lipinski definition) is 4. The molecule has 0 amide bonds. The number of anilines is 1. The highest BCUT2D eigenvalue weighted by Gasteiger charge is 2.16. The highest BCUT2D eigenvalue weighted by atomic mass is 16.6. The lowest BCUT2D eigenvalue weighted by molar-refractivity contribution is -0.384. The smallest absolute Gasteiger partial charge is 0.292 e. The molecule has 1 N–H and O–H groups in total. The molecule has 106 valence electrons. The van der Waals surface area contributed by atoms with Crippen molar-refractivity contribution in [1.29, 1.82) is 0 Å². The van der Waals surface area contributed by atoms with E-state index in [0.717, 1.165) is 22.5 Å². The lowest BCUT2D eigenvalue weighted by Gasteiger charge is -2.10. The number of nitrogens with one attached hydrogen (secondary N) is 1. The molecule has 6 heteroatoms. The van der Waals surface area contributed by atoms with Crippen molar-refractivity contribution in [2.24, 2.45) is 7.05 Å². The zero-order valence-corrected chi connectivity index (χ0v) is 12.1. The Kier molecular flexibility index (Phi) is 3.74. The van der Waals surface area contributed by atoms with Gasteiger partial charge in [0.25, 0.3) is 5.69 Å². The van der Waals surface area contributed by atoms with Crippen LogP contribution in [0.1, 0.15) is 22.5 Å². The first-order chi connectivity index (χ1) is 9.41. The first kappa shape index (κ1) is 14.0. The van der Waals surface area contributed by atoms with Crippen molar-refractivity contribution in [3.63, 3.8) is 0 Å². The van der Waals surface area contributed by atoms with Crippen LogP contribution >= 0.6 is 0 Å². The van der Waals surface area contributed by atoms with E-state index in [2.05, 4.69) is 10.4 Å². The molecule has 1 heterocycles. The molecular formula is C14H18N4O2. The second kappa shape index (κ2) is 5.32. The van der Waals surface area contributed by atoms with Crippen LogP contribution in [0.25, 0.3) is 0 Å². The van der Waals surface area contributed by atoms with E-state index in [-0.39, 0.29) is 10.6 Å². The number of nitrogens with zero attached hydrogens (tertiary/aromatic N) is 3. The maximum absolute atomic E-state index is 11.1. The highest BCUT2D eigenvalue weighted by molar-refractivity contribution is 5.66. The van der Waals surface area contributed by atoms with Gasteiger partial charge < -0.3 is 5.32 Å². The molecule has 0 spiro atoms. The molecule has 0 unspecified atom stereocenters. The van der Waals surface area contributed by atoms with E-state index in [1.807, 2.05) is 38.6 Å². The monoisotopic (exact) mass is 274 g/mol. The fraction of sp³-hybridized carbons (Fsp3) is 0.357. The average molecular weight is 274 g/mol. The minimum Gasteiger partial charge on any atom is -0.375 e. The van der Waals surface area contributed by atoms with Crippen LogP contribution < -0.4 is 5.32 Å². The number of nitro groups is 1. The van der Waals surface area contributed by atoms with Gasteiger partial charge >= 0.3 is 0 Å². The van der Waals surface area contributed by atoms with Crippen molar-refractivity contribution in [3.8, 4) is 0 Å². The number of benzene rings is 1. The summed E-state index contributed by atoms with van der Waals surface area (Å²) in [5.41, 5.74) is 4.60. The number of hydrogen-bond donors (Lipinski definition) is 1. The fourth-order valence-electron chi connectivity index (χ4n) is 2.28. The van der Waals surface area contributed by atoms with Gasteiger partial charge in [-0.15, -0.1) is 0 Å². The molecule has 2 aromatic rings. The molecule has 0 aliphatic rings. The van der Waals surface area contributed by atoms with Gasteiger partial charge in [0.15, 0.2) is 0 Å². The molecule has 0 aliphatic carbocycles. The average Bonchev–Trinajstić information content (AvgIpc) is 2.62. The van der Waals surface area contributed by atoms with Gasteiger partial charge in [-0.2, -0.15) is 5.10 Å². The number of para-hydroxylation sites is 1. The fourth-order valence-corrected chi connectivity index (χ4v) is 2.28. The Morgan fingerprint density at radius 1 is 1.35 bits per heavy atom. The molecule has 1 aromatic carbocycles. The van der Waals surface area contributed by atoms with E-state index in [1.165, 1.54) is 6.07 Å². The maximum Gasteiger partial charge on any atom is 0.292 e. The molecule has 0 aliphatic heterocycles. The normalized spacial score (nSPS) is 10.6. The molecule has 0 saturated carbocycles. The minimum atomic E-state index is -0.363. The Hall–Kier alpha value is -2.37. The molecule has 0 radical (unpaired) electrons. The summed E-state index contributed by atoms with van der Waals surface area (Å²) in [6, 6.07) is 5.07. The minimum absolute atomic E-state index is 0.101. The van der Waals surface area contributed by atoms with Crippen molar-refractivity contribution in [1.82, 2.24) is 9.78 Å². The van der Waals surface area contributed by atoms with Gasteiger partial charge in [-0.1, -0.05) is 12.1 Å². The molecule has 20 heavy (non-hydrogen) atoms. The molecule has 0 fully saturated rings. The Morgan fingerprint density at radius 2 is 2.05 bits per heavy atom. The van der Waals surface area contributed by atoms with Gasteiger partial charge in [-0.3, -0.25) is 14.8 Å². The zero-order valence-electron chi connectivity index (χ0n) is 12.1. The van der Waals surface area contributed by atoms with Crippen molar-refractivity contribution < 1.29 is 4.92 Å². The summed E-state index contributed by atoms with van der Waals surface area (Å²) in [6.07, 6.45) is 0. The molecule has 2 rings (SSSR count). The van der Waals surface area contributed by atoms with Gasteiger partial charge in [0.05, 0.1) is 10.6 Å². The first-order valence-corrected chi connectivity index (χ1v) is 6.38. The van der Waals surface area contributed by atoms with E-state index in [0.29, 0.717) is 12.2 Å². The first-order valence-electron chi connectivity index (χ1n) is 6.38. The predicted octanol–water partition coefficient (Wildman–Crippen LogP) is 2.87. The largest absolute Gasteiger partial charge is 0.375 e. The van der Waals surface area contributed by atoms with E-state index < -0.39 is 0 Å². The molecule has 6 nitrogen and oxygen atoms in total. The molecule has 0 saturated heterocycles. The third-order valence-corrected chi connectivity index (χ3v) is 3.55. The summed E-state index contributed by atoms with van der Waals surface area (Å²) in [7, 11) is 1.89. The van der Waals surface area contributed by atoms with Crippen molar-refractivity contribution in [3.05, 3.63) is 50.8 Å². The third-order valence-electron chi connectivity index (χ3n) is 3.55. The number of aromatic nitrogens is 2. The molecule has 0 bridgehead atoms. The van der Waals surface area contributed by atoms with Crippen LogP contribution in [0.5, 0.6) is 0 Å². The van der Waals surface area contributed by atoms with Gasteiger partial charge in [0.1, 0.15) is 5.69 Å². The molecule has 1 aromatic heterocycles. The van der Waals surface area contributed by atoms with Gasteiger partial charge in [0.2, 0.25) is 0 Å². The summed E-state index contributed by atoms with van der Waals surface area (Å²) in [5.74, 6) is 0. The van der Waals surface area contributed by atoms with E-state index in [9.17, 15) is 10.1 Å².